The molecule has 2 aliphatic rings. The summed E-state index contributed by atoms with van der Waals surface area (Å²) in [7, 11) is 0. The molecular formula is C21H24N4O3. The maximum absolute atomic E-state index is 12.8. The molecule has 0 radical (unpaired) electrons. The maximum Gasteiger partial charge on any atom is 0.254 e. The molecular weight excluding hydrogens is 356 g/mol. The Morgan fingerprint density at radius 1 is 0.750 bits per heavy atom. The van der Waals surface area contributed by atoms with E-state index in [9.17, 15) is 9.59 Å². The zero-order chi connectivity index (χ0) is 19.3. The lowest BCUT2D eigenvalue weighted by Crippen LogP contribution is -2.49. The third kappa shape index (κ3) is 3.99. The van der Waals surface area contributed by atoms with Crippen LogP contribution in [0, 0.1) is 0 Å². The lowest BCUT2D eigenvalue weighted by molar-refractivity contribution is 0.0303. The van der Waals surface area contributed by atoms with E-state index in [4.69, 9.17) is 4.74 Å². The largest absolute Gasteiger partial charge is 0.378 e. The summed E-state index contributed by atoms with van der Waals surface area (Å²) in [6.07, 6.45) is 1.78. The summed E-state index contributed by atoms with van der Waals surface area (Å²) in [5.74, 6) is 0.942. The molecule has 4 rings (SSSR count). The van der Waals surface area contributed by atoms with Crippen molar-refractivity contribution in [3.63, 3.8) is 0 Å². The van der Waals surface area contributed by atoms with Crippen LogP contribution >= 0.6 is 0 Å². The Hall–Kier alpha value is -2.93. The lowest BCUT2D eigenvalue weighted by atomic mass is 10.1. The number of amides is 2. The van der Waals surface area contributed by atoms with E-state index in [-0.39, 0.29) is 11.8 Å². The number of anilines is 1. The first-order valence-corrected chi connectivity index (χ1v) is 9.65. The highest BCUT2D eigenvalue weighted by Crippen LogP contribution is 2.16. The van der Waals surface area contributed by atoms with Crippen molar-refractivity contribution in [3.8, 4) is 0 Å². The molecule has 1 aromatic carbocycles. The minimum Gasteiger partial charge on any atom is -0.378 e. The second-order valence-electron chi connectivity index (χ2n) is 6.95. The first-order chi connectivity index (χ1) is 13.7. The van der Waals surface area contributed by atoms with Crippen molar-refractivity contribution in [1.82, 2.24) is 14.8 Å². The number of hydrogen-bond donors (Lipinski definition) is 0. The standard InChI is InChI=1S/C21H24N4O3/c26-20(24-11-9-23(10-12-24)19-3-1-2-8-22-19)17-4-6-18(7-5-17)21(27)25-13-15-28-16-14-25/h1-8H,9-16H2. The summed E-state index contributed by atoms with van der Waals surface area (Å²) in [4.78, 5) is 35.5. The molecule has 2 aliphatic heterocycles. The smallest absolute Gasteiger partial charge is 0.254 e. The van der Waals surface area contributed by atoms with Crippen LogP contribution in [0.4, 0.5) is 5.82 Å². The van der Waals surface area contributed by atoms with Gasteiger partial charge in [-0.3, -0.25) is 9.59 Å². The molecule has 2 fully saturated rings. The zero-order valence-electron chi connectivity index (χ0n) is 15.8. The van der Waals surface area contributed by atoms with Crippen LogP contribution in [0.2, 0.25) is 0 Å². The number of hydrogen-bond acceptors (Lipinski definition) is 5. The van der Waals surface area contributed by atoms with Crippen molar-refractivity contribution in [2.24, 2.45) is 0 Å². The molecule has 3 heterocycles. The molecule has 2 aromatic rings. The third-order valence-electron chi connectivity index (χ3n) is 5.22. The molecule has 7 nitrogen and oxygen atoms in total. The summed E-state index contributed by atoms with van der Waals surface area (Å²) < 4.78 is 5.29. The van der Waals surface area contributed by atoms with Gasteiger partial charge in [-0.2, -0.15) is 0 Å². The minimum atomic E-state index is -0.00808. The van der Waals surface area contributed by atoms with E-state index >= 15 is 0 Å². The Balaban J connectivity index is 1.35. The fourth-order valence-corrected chi connectivity index (χ4v) is 3.57. The number of carbonyl (C=O) groups is 2. The van der Waals surface area contributed by atoms with Crippen molar-refractivity contribution in [2.75, 3.05) is 57.4 Å². The molecule has 1 aromatic heterocycles. The van der Waals surface area contributed by atoms with Gasteiger partial charge in [-0.1, -0.05) is 6.07 Å². The van der Waals surface area contributed by atoms with Crippen LogP contribution in [-0.4, -0.2) is 79.1 Å². The predicted molar refractivity (Wildman–Crippen MR) is 106 cm³/mol. The Morgan fingerprint density at radius 3 is 1.86 bits per heavy atom. The molecule has 0 saturated carbocycles. The van der Waals surface area contributed by atoms with Gasteiger partial charge in [0.1, 0.15) is 5.82 Å². The molecule has 0 bridgehead atoms. The van der Waals surface area contributed by atoms with Gasteiger partial charge < -0.3 is 19.4 Å². The maximum atomic E-state index is 12.8. The Labute approximate surface area is 164 Å². The molecule has 2 amide bonds. The molecule has 0 atom stereocenters. The van der Waals surface area contributed by atoms with Gasteiger partial charge >= 0.3 is 0 Å². The quantitative estimate of drug-likeness (QED) is 0.808. The van der Waals surface area contributed by atoms with Crippen molar-refractivity contribution in [2.45, 2.75) is 0 Å². The Kier molecular flexibility index (Phi) is 5.53. The number of rotatable bonds is 3. The van der Waals surface area contributed by atoms with E-state index in [1.165, 1.54) is 0 Å². The van der Waals surface area contributed by atoms with E-state index in [2.05, 4.69) is 9.88 Å². The fraction of sp³-hybridized carbons (Fsp3) is 0.381. The van der Waals surface area contributed by atoms with Crippen LogP contribution in [0.15, 0.2) is 48.7 Å². The van der Waals surface area contributed by atoms with Crippen LogP contribution in [0.25, 0.3) is 0 Å². The topological polar surface area (TPSA) is 66.0 Å². The second-order valence-corrected chi connectivity index (χ2v) is 6.95. The summed E-state index contributed by atoms with van der Waals surface area (Å²) in [5.41, 5.74) is 1.23. The molecule has 0 aliphatic carbocycles. The summed E-state index contributed by atoms with van der Waals surface area (Å²) >= 11 is 0. The molecule has 0 unspecified atom stereocenters. The predicted octanol–water partition coefficient (Wildman–Crippen LogP) is 1.52. The normalized spacial score (nSPS) is 17.5. The number of carbonyl (C=O) groups excluding carboxylic acids is 2. The first-order valence-electron chi connectivity index (χ1n) is 9.65. The third-order valence-corrected chi connectivity index (χ3v) is 5.22. The Bertz CT molecular complexity index is 811. The fourth-order valence-electron chi connectivity index (χ4n) is 3.57. The van der Waals surface area contributed by atoms with Crippen LogP contribution in [0.1, 0.15) is 20.7 Å². The van der Waals surface area contributed by atoms with Gasteiger partial charge in [-0.05, 0) is 36.4 Å². The SMILES string of the molecule is O=C(c1ccc(C(=O)N2CCN(c3ccccn3)CC2)cc1)N1CCOCC1. The molecule has 146 valence electrons. The molecule has 2 saturated heterocycles. The highest BCUT2D eigenvalue weighted by molar-refractivity contribution is 5.98. The average Bonchev–Trinajstić information content (AvgIpc) is 2.79. The van der Waals surface area contributed by atoms with E-state index in [1.807, 2.05) is 23.1 Å². The van der Waals surface area contributed by atoms with Gasteiger partial charge in [0.25, 0.3) is 11.8 Å². The van der Waals surface area contributed by atoms with Crippen molar-refractivity contribution >= 4 is 17.6 Å². The summed E-state index contributed by atoms with van der Waals surface area (Å²) in [5, 5.41) is 0. The monoisotopic (exact) mass is 380 g/mol. The number of piperazine rings is 1. The number of aromatic nitrogens is 1. The summed E-state index contributed by atoms with van der Waals surface area (Å²) in [6.45, 7) is 5.21. The van der Waals surface area contributed by atoms with Gasteiger partial charge in [0.15, 0.2) is 0 Å². The number of ether oxygens (including phenoxy) is 1. The van der Waals surface area contributed by atoms with Gasteiger partial charge in [-0.15, -0.1) is 0 Å². The molecule has 0 N–H and O–H groups in total. The van der Waals surface area contributed by atoms with Crippen LogP contribution in [0.3, 0.4) is 0 Å². The van der Waals surface area contributed by atoms with Crippen LogP contribution in [0.5, 0.6) is 0 Å². The highest BCUT2D eigenvalue weighted by Gasteiger charge is 2.23. The van der Waals surface area contributed by atoms with Gasteiger partial charge in [-0.25, -0.2) is 4.98 Å². The van der Waals surface area contributed by atoms with Gasteiger partial charge in [0.2, 0.25) is 0 Å². The molecule has 0 spiro atoms. The van der Waals surface area contributed by atoms with Crippen LogP contribution in [-0.2, 0) is 4.74 Å². The second kappa shape index (κ2) is 8.39. The van der Waals surface area contributed by atoms with Crippen LogP contribution < -0.4 is 4.90 Å². The van der Waals surface area contributed by atoms with Crippen molar-refractivity contribution in [1.29, 1.82) is 0 Å². The Morgan fingerprint density at radius 2 is 1.32 bits per heavy atom. The minimum absolute atomic E-state index is 0.00559. The molecule has 28 heavy (non-hydrogen) atoms. The average molecular weight is 380 g/mol. The molecule has 7 heteroatoms. The number of morpholine rings is 1. The van der Waals surface area contributed by atoms with Gasteiger partial charge in [0.05, 0.1) is 13.2 Å². The highest BCUT2D eigenvalue weighted by atomic mass is 16.5. The van der Waals surface area contributed by atoms with Crippen molar-refractivity contribution in [3.05, 3.63) is 59.8 Å². The number of nitrogens with zero attached hydrogens (tertiary/aromatic N) is 4. The number of pyridine rings is 1. The van der Waals surface area contributed by atoms with Crippen molar-refractivity contribution < 1.29 is 14.3 Å². The van der Waals surface area contributed by atoms with Gasteiger partial charge in [0, 0.05) is 56.6 Å². The zero-order valence-corrected chi connectivity index (χ0v) is 15.8. The van der Waals surface area contributed by atoms with E-state index in [1.54, 1.807) is 35.4 Å². The number of benzene rings is 1. The lowest BCUT2D eigenvalue weighted by Gasteiger charge is -2.35. The van der Waals surface area contributed by atoms with E-state index in [0.29, 0.717) is 50.5 Å². The summed E-state index contributed by atoms with van der Waals surface area (Å²) in [6, 6.07) is 12.9. The van der Waals surface area contributed by atoms with E-state index < -0.39 is 0 Å². The van der Waals surface area contributed by atoms with E-state index in [0.717, 1.165) is 18.9 Å². The first kappa shape index (κ1) is 18.4.